The minimum Gasteiger partial charge on any atom is -0.435 e. The van der Waals surface area contributed by atoms with Crippen LogP contribution >= 0.6 is 0 Å². The molecule has 0 amide bonds. The maximum absolute atomic E-state index is 10.5. The summed E-state index contributed by atoms with van der Waals surface area (Å²) in [6, 6.07) is 0. The number of aliphatic hydroxyl groups excluding tert-OH is 1. The van der Waals surface area contributed by atoms with Gasteiger partial charge in [0.2, 0.25) is 0 Å². The van der Waals surface area contributed by atoms with Gasteiger partial charge >= 0.3 is 5.97 Å². The Morgan fingerprint density at radius 2 is 2.50 bits per heavy atom. The van der Waals surface area contributed by atoms with Crippen molar-refractivity contribution in [3.63, 3.8) is 0 Å². The van der Waals surface area contributed by atoms with E-state index in [0.717, 1.165) is 6.26 Å². The Hall–Kier alpha value is -0.830. The van der Waals surface area contributed by atoms with E-state index in [-0.39, 0.29) is 12.4 Å². The van der Waals surface area contributed by atoms with Crippen LogP contribution in [0.2, 0.25) is 0 Å². The van der Waals surface area contributed by atoms with Crippen molar-refractivity contribution >= 4 is 5.97 Å². The van der Waals surface area contributed by atoms with Crippen molar-refractivity contribution in [2.24, 2.45) is 0 Å². The smallest absolute Gasteiger partial charge is 0.310 e. The van der Waals surface area contributed by atoms with Crippen molar-refractivity contribution in [2.45, 2.75) is 25.9 Å². The van der Waals surface area contributed by atoms with Gasteiger partial charge in [0, 0.05) is 6.42 Å². The van der Waals surface area contributed by atoms with Crippen LogP contribution in [0.3, 0.4) is 0 Å². The third kappa shape index (κ3) is 5.31. The van der Waals surface area contributed by atoms with E-state index in [1.165, 1.54) is 0 Å². The quantitative estimate of drug-likeness (QED) is 0.469. The molecule has 10 heavy (non-hydrogen) atoms. The average Bonchev–Trinajstić information content (AvgIpc) is 1.85. The van der Waals surface area contributed by atoms with Crippen LogP contribution in [0, 0.1) is 0 Å². The van der Waals surface area contributed by atoms with Gasteiger partial charge in [0.1, 0.15) is 0 Å². The lowest BCUT2D eigenvalue weighted by atomic mass is 10.2. The lowest BCUT2D eigenvalue weighted by Crippen LogP contribution is -2.05. The lowest BCUT2D eigenvalue weighted by Gasteiger charge is -2.00. The van der Waals surface area contributed by atoms with Gasteiger partial charge in [-0.1, -0.05) is 6.58 Å². The minimum atomic E-state index is -0.447. The topological polar surface area (TPSA) is 46.5 Å². The van der Waals surface area contributed by atoms with Crippen molar-refractivity contribution in [3.8, 4) is 0 Å². The summed E-state index contributed by atoms with van der Waals surface area (Å²) >= 11 is 0. The summed E-state index contributed by atoms with van der Waals surface area (Å²) in [5, 5.41) is 8.74. The van der Waals surface area contributed by atoms with Crippen LogP contribution in [0.1, 0.15) is 19.8 Å². The second-order valence-electron chi connectivity index (χ2n) is 2.04. The third-order valence-corrected chi connectivity index (χ3v) is 0.981. The van der Waals surface area contributed by atoms with Crippen LogP contribution in [0.5, 0.6) is 0 Å². The predicted molar refractivity (Wildman–Crippen MR) is 37.2 cm³/mol. The first kappa shape index (κ1) is 9.17. The standard InChI is InChI=1S/C7H12O3/c1-3-10-7(9)5-4-6(2)8/h3,6,8H,1,4-5H2,2H3. The Morgan fingerprint density at radius 3 is 2.90 bits per heavy atom. The van der Waals surface area contributed by atoms with E-state index >= 15 is 0 Å². The van der Waals surface area contributed by atoms with Gasteiger partial charge in [-0.05, 0) is 13.3 Å². The Kier molecular flexibility index (Phi) is 4.58. The van der Waals surface area contributed by atoms with E-state index in [1.807, 2.05) is 0 Å². The molecule has 0 aromatic heterocycles. The first-order chi connectivity index (χ1) is 4.66. The van der Waals surface area contributed by atoms with Crippen LogP contribution in [0.4, 0.5) is 0 Å². The van der Waals surface area contributed by atoms with Crippen molar-refractivity contribution in [3.05, 3.63) is 12.8 Å². The number of esters is 1. The highest BCUT2D eigenvalue weighted by Gasteiger charge is 2.02. The molecule has 0 radical (unpaired) electrons. The van der Waals surface area contributed by atoms with Crippen LogP contribution in [0.15, 0.2) is 12.8 Å². The molecule has 0 aliphatic heterocycles. The van der Waals surface area contributed by atoms with E-state index < -0.39 is 6.10 Å². The van der Waals surface area contributed by atoms with Gasteiger partial charge in [-0.15, -0.1) is 0 Å². The van der Waals surface area contributed by atoms with Crippen LogP contribution < -0.4 is 0 Å². The molecule has 0 heterocycles. The highest BCUT2D eigenvalue weighted by Crippen LogP contribution is 1.97. The van der Waals surface area contributed by atoms with E-state index in [9.17, 15) is 4.79 Å². The maximum atomic E-state index is 10.5. The second-order valence-corrected chi connectivity index (χ2v) is 2.04. The summed E-state index contributed by atoms with van der Waals surface area (Å²) in [5.41, 5.74) is 0. The molecule has 0 rings (SSSR count). The molecule has 0 bridgehead atoms. The zero-order chi connectivity index (χ0) is 7.98. The van der Waals surface area contributed by atoms with Crippen molar-refractivity contribution in [1.82, 2.24) is 0 Å². The number of carbonyl (C=O) groups is 1. The zero-order valence-electron chi connectivity index (χ0n) is 6.04. The summed E-state index contributed by atoms with van der Waals surface area (Å²) in [4.78, 5) is 10.5. The molecule has 0 aromatic rings. The van der Waals surface area contributed by atoms with Gasteiger partial charge in [-0.25, -0.2) is 0 Å². The third-order valence-electron chi connectivity index (χ3n) is 0.981. The fourth-order valence-electron chi connectivity index (χ4n) is 0.479. The van der Waals surface area contributed by atoms with Crippen molar-refractivity contribution in [1.29, 1.82) is 0 Å². The van der Waals surface area contributed by atoms with Crippen LogP contribution in [0.25, 0.3) is 0 Å². The van der Waals surface area contributed by atoms with Crippen molar-refractivity contribution < 1.29 is 14.6 Å². The summed E-state index contributed by atoms with van der Waals surface area (Å²) in [7, 11) is 0. The highest BCUT2D eigenvalue weighted by molar-refractivity contribution is 5.69. The average molecular weight is 144 g/mol. The fourth-order valence-corrected chi connectivity index (χ4v) is 0.479. The predicted octanol–water partition coefficient (Wildman–Crippen LogP) is 0.834. The molecule has 0 fully saturated rings. The van der Waals surface area contributed by atoms with E-state index in [1.54, 1.807) is 6.92 Å². The SMILES string of the molecule is C=COC(=O)CCC(C)O. The van der Waals surface area contributed by atoms with E-state index in [0.29, 0.717) is 6.42 Å². The Morgan fingerprint density at radius 1 is 1.90 bits per heavy atom. The van der Waals surface area contributed by atoms with Crippen LogP contribution in [-0.2, 0) is 9.53 Å². The van der Waals surface area contributed by atoms with Gasteiger partial charge in [-0.3, -0.25) is 4.79 Å². The summed E-state index contributed by atoms with van der Waals surface area (Å²) in [6.45, 7) is 4.85. The minimum absolute atomic E-state index is 0.240. The molecular weight excluding hydrogens is 132 g/mol. The number of rotatable bonds is 4. The van der Waals surface area contributed by atoms with E-state index in [4.69, 9.17) is 5.11 Å². The molecule has 0 aliphatic rings. The maximum Gasteiger partial charge on any atom is 0.310 e. The van der Waals surface area contributed by atoms with Crippen molar-refractivity contribution in [2.75, 3.05) is 0 Å². The monoisotopic (exact) mass is 144 g/mol. The molecule has 0 aliphatic carbocycles. The highest BCUT2D eigenvalue weighted by atomic mass is 16.5. The second kappa shape index (κ2) is 4.99. The van der Waals surface area contributed by atoms with E-state index in [2.05, 4.69) is 11.3 Å². The zero-order valence-corrected chi connectivity index (χ0v) is 6.04. The molecular formula is C7H12O3. The Labute approximate surface area is 60.3 Å². The normalized spacial score (nSPS) is 12.2. The summed E-state index contributed by atoms with van der Waals surface area (Å²) in [5.74, 6) is -0.351. The Bertz CT molecular complexity index is 118. The molecule has 0 aromatic carbocycles. The number of hydrogen-bond donors (Lipinski definition) is 1. The number of aliphatic hydroxyl groups is 1. The summed E-state index contributed by atoms with van der Waals surface area (Å²) < 4.78 is 4.41. The molecule has 1 unspecified atom stereocenters. The largest absolute Gasteiger partial charge is 0.435 e. The molecule has 0 spiro atoms. The molecule has 3 nitrogen and oxygen atoms in total. The van der Waals surface area contributed by atoms with Gasteiger partial charge < -0.3 is 9.84 Å². The first-order valence-electron chi connectivity index (χ1n) is 3.15. The first-order valence-corrected chi connectivity index (χ1v) is 3.15. The van der Waals surface area contributed by atoms with Gasteiger partial charge in [0.15, 0.2) is 0 Å². The molecule has 1 atom stereocenters. The number of carbonyl (C=O) groups excluding carboxylic acids is 1. The number of hydrogen-bond acceptors (Lipinski definition) is 3. The molecule has 0 saturated heterocycles. The van der Waals surface area contributed by atoms with Gasteiger partial charge in [0.25, 0.3) is 0 Å². The van der Waals surface area contributed by atoms with Gasteiger partial charge in [0.05, 0.1) is 12.4 Å². The van der Waals surface area contributed by atoms with Gasteiger partial charge in [-0.2, -0.15) is 0 Å². The lowest BCUT2D eigenvalue weighted by molar-refractivity contribution is -0.138. The Balaban J connectivity index is 3.30. The molecule has 3 heteroatoms. The fraction of sp³-hybridized carbons (Fsp3) is 0.571. The summed E-state index contributed by atoms with van der Waals surface area (Å²) in [6.07, 6.45) is 1.32. The number of ether oxygens (including phenoxy) is 1. The molecule has 1 N–H and O–H groups in total. The molecule has 58 valence electrons. The molecule has 0 saturated carbocycles. The van der Waals surface area contributed by atoms with Crippen LogP contribution in [-0.4, -0.2) is 17.2 Å².